The Morgan fingerprint density at radius 1 is 1.47 bits per heavy atom. The van der Waals surface area contributed by atoms with Crippen molar-refractivity contribution in [1.29, 1.82) is 0 Å². The lowest BCUT2D eigenvalue weighted by Crippen LogP contribution is -2.42. The maximum Gasteiger partial charge on any atom is 0.323 e. The van der Waals surface area contributed by atoms with Crippen LogP contribution in [0.5, 0.6) is 0 Å². The predicted octanol–water partition coefficient (Wildman–Crippen LogP) is 2.91. The second kappa shape index (κ2) is 6.65. The molecule has 104 valence electrons. The number of carbonyl (C=O) groups excluding carboxylic acids is 1. The molecular formula is C13H15BrFNO3. The van der Waals surface area contributed by atoms with Gasteiger partial charge in [-0.3, -0.25) is 9.59 Å². The van der Waals surface area contributed by atoms with Crippen molar-refractivity contribution in [2.75, 3.05) is 6.54 Å². The molecule has 6 heteroatoms. The third-order valence-corrected chi connectivity index (χ3v) is 3.68. The maximum absolute atomic E-state index is 13.4. The Hall–Kier alpha value is -1.43. The number of amides is 1. The number of carboxylic acid groups (broad SMARTS) is 1. The van der Waals surface area contributed by atoms with Gasteiger partial charge in [0.25, 0.3) is 5.91 Å². The van der Waals surface area contributed by atoms with E-state index in [4.69, 9.17) is 5.11 Å². The lowest BCUT2D eigenvalue weighted by atomic mass is 10.1. The fourth-order valence-electron chi connectivity index (χ4n) is 1.62. The lowest BCUT2D eigenvalue weighted by Gasteiger charge is -2.27. The minimum atomic E-state index is -1.10. The molecule has 0 saturated heterocycles. The highest BCUT2D eigenvalue weighted by Gasteiger charge is 2.25. The van der Waals surface area contributed by atoms with Crippen LogP contribution in [-0.2, 0) is 4.79 Å². The summed E-state index contributed by atoms with van der Waals surface area (Å²) in [6.45, 7) is 3.21. The van der Waals surface area contributed by atoms with Gasteiger partial charge >= 0.3 is 5.97 Å². The summed E-state index contributed by atoms with van der Waals surface area (Å²) < 4.78 is 13.5. The molecule has 0 spiro atoms. The normalized spacial score (nSPS) is 12.0. The largest absolute Gasteiger partial charge is 0.480 e. The van der Waals surface area contributed by atoms with Gasteiger partial charge in [0, 0.05) is 6.04 Å². The first-order valence-corrected chi connectivity index (χ1v) is 6.64. The third kappa shape index (κ3) is 3.76. The minimum Gasteiger partial charge on any atom is -0.480 e. The molecule has 0 radical (unpaired) electrons. The van der Waals surface area contributed by atoms with Gasteiger partial charge in [-0.25, -0.2) is 4.39 Å². The SMILES string of the molecule is CCC(C)N(CC(=O)O)C(=O)c1cccc(F)c1Br. The topological polar surface area (TPSA) is 57.6 Å². The molecule has 19 heavy (non-hydrogen) atoms. The Morgan fingerprint density at radius 2 is 2.11 bits per heavy atom. The fourth-order valence-corrected chi connectivity index (χ4v) is 2.05. The van der Waals surface area contributed by atoms with Crippen molar-refractivity contribution in [2.24, 2.45) is 0 Å². The summed E-state index contributed by atoms with van der Waals surface area (Å²) in [7, 11) is 0. The van der Waals surface area contributed by atoms with E-state index in [1.165, 1.54) is 23.1 Å². The van der Waals surface area contributed by atoms with Crippen molar-refractivity contribution in [3.8, 4) is 0 Å². The summed E-state index contributed by atoms with van der Waals surface area (Å²) in [6.07, 6.45) is 0.617. The first-order chi connectivity index (χ1) is 8.88. The summed E-state index contributed by atoms with van der Waals surface area (Å²) in [5.74, 6) is -2.14. The van der Waals surface area contributed by atoms with E-state index in [0.717, 1.165) is 0 Å². The van der Waals surface area contributed by atoms with Crippen LogP contribution < -0.4 is 0 Å². The van der Waals surface area contributed by atoms with Gasteiger partial charge in [-0.2, -0.15) is 0 Å². The average molecular weight is 332 g/mol. The molecule has 0 aliphatic heterocycles. The molecule has 1 aromatic carbocycles. The molecule has 0 aliphatic rings. The standard InChI is InChI=1S/C13H15BrFNO3/c1-3-8(2)16(7-11(17)18)13(19)9-5-4-6-10(15)12(9)14/h4-6,8H,3,7H2,1-2H3,(H,17,18). The average Bonchev–Trinajstić information content (AvgIpc) is 2.37. The van der Waals surface area contributed by atoms with Crippen molar-refractivity contribution in [2.45, 2.75) is 26.3 Å². The molecule has 1 rings (SSSR count). The monoisotopic (exact) mass is 331 g/mol. The fraction of sp³-hybridized carbons (Fsp3) is 0.385. The van der Waals surface area contributed by atoms with Gasteiger partial charge in [-0.05, 0) is 41.4 Å². The summed E-state index contributed by atoms with van der Waals surface area (Å²) in [4.78, 5) is 24.4. The summed E-state index contributed by atoms with van der Waals surface area (Å²) >= 11 is 3.02. The van der Waals surface area contributed by atoms with Crippen molar-refractivity contribution in [3.05, 3.63) is 34.1 Å². The molecule has 1 atom stereocenters. The molecule has 0 aromatic heterocycles. The van der Waals surface area contributed by atoms with Crippen LogP contribution in [0.4, 0.5) is 4.39 Å². The second-order valence-corrected chi connectivity index (χ2v) is 4.98. The Labute approximate surface area is 119 Å². The summed E-state index contributed by atoms with van der Waals surface area (Å²) in [5.41, 5.74) is 0.126. The van der Waals surface area contributed by atoms with Crippen molar-refractivity contribution >= 4 is 27.8 Å². The molecule has 0 fully saturated rings. The van der Waals surface area contributed by atoms with Crippen LogP contribution in [0.1, 0.15) is 30.6 Å². The molecule has 0 saturated carbocycles. The Morgan fingerprint density at radius 3 is 2.63 bits per heavy atom. The van der Waals surface area contributed by atoms with Gasteiger partial charge in [0.15, 0.2) is 0 Å². The summed E-state index contributed by atoms with van der Waals surface area (Å²) in [6, 6.07) is 3.88. The van der Waals surface area contributed by atoms with Crippen molar-refractivity contribution in [1.82, 2.24) is 4.90 Å². The zero-order valence-corrected chi connectivity index (χ0v) is 12.3. The van der Waals surface area contributed by atoms with Crippen LogP contribution in [0.25, 0.3) is 0 Å². The van der Waals surface area contributed by atoms with Crippen LogP contribution in [0.2, 0.25) is 0 Å². The van der Waals surface area contributed by atoms with E-state index in [1.54, 1.807) is 6.92 Å². The van der Waals surface area contributed by atoms with Gasteiger partial charge in [0.1, 0.15) is 12.4 Å². The zero-order valence-electron chi connectivity index (χ0n) is 10.7. The van der Waals surface area contributed by atoms with E-state index in [1.807, 2.05) is 6.92 Å². The van der Waals surface area contributed by atoms with E-state index >= 15 is 0 Å². The molecule has 1 unspecified atom stereocenters. The zero-order chi connectivity index (χ0) is 14.6. The van der Waals surface area contributed by atoms with Crippen molar-refractivity contribution < 1.29 is 19.1 Å². The van der Waals surface area contributed by atoms with E-state index in [9.17, 15) is 14.0 Å². The molecule has 0 heterocycles. The van der Waals surface area contributed by atoms with E-state index < -0.39 is 24.2 Å². The number of benzene rings is 1. The Balaban J connectivity index is 3.11. The lowest BCUT2D eigenvalue weighted by molar-refractivity contribution is -0.138. The molecule has 4 nitrogen and oxygen atoms in total. The van der Waals surface area contributed by atoms with E-state index in [0.29, 0.717) is 6.42 Å². The van der Waals surface area contributed by atoms with Crippen LogP contribution in [0.15, 0.2) is 22.7 Å². The number of aliphatic carboxylic acids is 1. The highest BCUT2D eigenvalue weighted by atomic mass is 79.9. The van der Waals surface area contributed by atoms with E-state index in [-0.39, 0.29) is 16.1 Å². The van der Waals surface area contributed by atoms with Gasteiger partial charge in [-0.1, -0.05) is 13.0 Å². The summed E-state index contributed by atoms with van der Waals surface area (Å²) in [5, 5.41) is 8.87. The Bertz CT molecular complexity index is 493. The van der Waals surface area contributed by atoms with Crippen LogP contribution in [0, 0.1) is 5.82 Å². The third-order valence-electron chi connectivity index (χ3n) is 2.87. The quantitative estimate of drug-likeness (QED) is 0.902. The first-order valence-electron chi connectivity index (χ1n) is 5.85. The number of rotatable bonds is 5. The van der Waals surface area contributed by atoms with Crippen LogP contribution in [-0.4, -0.2) is 34.5 Å². The van der Waals surface area contributed by atoms with Crippen LogP contribution >= 0.6 is 15.9 Å². The molecule has 1 N–H and O–H groups in total. The maximum atomic E-state index is 13.4. The molecule has 1 amide bonds. The Kier molecular flexibility index (Phi) is 5.47. The van der Waals surface area contributed by atoms with Gasteiger partial charge in [-0.15, -0.1) is 0 Å². The first kappa shape index (κ1) is 15.6. The second-order valence-electron chi connectivity index (χ2n) is 4.19. The molecule has 0 bridgehead atoms. The van der Waals surface area contributed by atoms with E-state index in [2.05, 4.69) is 15.9 Å². The highest BCUT2D eigenvalue weighted by Crippen LogP contribution is 2.23. The smallest absolute Gasteiger partial charge is 0.323 e. The minimum absolute atomic E-state index is 0.0543. The number of carbonyl (C=O) groups is 2. The van der Waals surface area contributed by atoms with Crippen LogP contribution in [0.3, 0.4) is 0 Å². The molecular weight excluding hydrogens is 317 g/mol. The van der Waals surface area contributed by atoms with Gasteiger partial charge in [0.2, 0.25) is 0 Å². The van der Waals surface area contributed by atoms with Gasteiger partial charge < -0.3 is 10.0 Å². The predicted molar refractivity (Wildman–Crippen MR) is 72.5 cm³/mol. The van der Waals surface area contributed by atoms with Gasteiger partial charge in [0.05, 0.1) is 10.0 Å². The molecule has 1 aromatic rings. The number of hydrogen-bond donors (Lipinski definition) is 1. The number of nitrogens with zero attached hydrogens (tertiary/aromatic N) is 1. The number of carboxylic acids is 1. The molecule has 0 aliphatic carbocycles. The number of hydrogen-bond acceptors (Lipinski definition) is 2. The number of halogens is 2. The van der Waals surface area contributed by atoms with Crippen molar-refractivity contribution in [3.63, 3.8) is 0 Å². The highest BCUT2D eigenvalue weighted by molar-refractivity contribution is 9.10.